The largest absolute Gasteiger partial charge is 0.436 e. The summed E-state index contributed by atoms with van der Waals surface area (Å²) in [6, 6.07) is 7.22. The van der Waals surface area contributed by atoms with Gasteiger partial charge in [-0.2, -0.15) is 0 Å². The lowest BCUT2D eigenvalue weighted by Gasteiger charge is -2.19. The quantitative estimate of drug-likeness (QED) is 0.880. The number of carbonyl (C=O) groups excluding carboxylic acids is 1. The fraction of sp³-hybridized carbons (Fsp3) is 0.417. The Kier molecular flexibility index (Phi) is 2.49. The van der Waals surface area contributed by atoms with Gasteiger partial charge in [0.05, 0.1) is 0 Å². The Morgan fingerprint density at radius 1 is 1.35 bits per heavy atom. The van der Waals surface area contributed by atoms with Crippen LogP contribution in [-0.2, 0) is 4.74 Å². The van der Waals surface area contributed by atoms with Gasteiger partial charge in [-0.3, -0.25) is 4.90 Å². The van der Waals surface area contributed by atoms with E-state index in [-0.39, 0.29) is 6.04 Å². The van der Waals surface area contributed by atoms with Crippen molar-refractivity contribution in [3.05, 3.63) is 34.9 Å². The number of aliphatic hydroxyl groups excluding tert-OH is 1. The van der Waals surface area contributed by atoms with E-state index in [1.54, 1.807) is 18.2 Å². The van der Waals surface area contributed by atoms with E-state index in [0.717, 1.165) is 12.8 Å². The van der Waals surface area contributed by atoms with Gasteiger partial charge in [0, 0.05) is 16.6 Å². The van der Waals surface area contributed by atoms with Crippen LogP contribution in [0.5, 0.6) is 0 Å². The molecular formula is C12H12ClNO3. The summed E-state index contributed by atoms with van der Waals surface area (Å²) in [6.45, 7) is 0. The van der Waals surface area contributed by atoms with Gasteiger partial charge < -0.3 is 9.84 Å². The Labute approximate surface area is 104 Å². The molecule has 0 spiro atoms. The number of ether oxygens (including phenoxy) is 1. The van der Waals surface area contributed by atoms with Crippen LogP contribution in [0.2, 0.25) is 5.02 Å². The van der Waals surface area contributed by atoms with Crippen LogP contribution < -0.4 is 0 Å². The molecule has 1 heterocycles. The molecule has 0 bridgehead atoms. The third kappa shape index (κ3) is 1.77. The van der Waals surface area contributed by atoms with Crippen molar-refractivity contribution in [1.82, 2.24) is 4.90 Å². The van der Waals surface area contributed by atoms with Crippen molar-refractivity contribution in [2.45, 2.75) is 31.2 Å². The maximum atomic E-state index is 11.7. The summed E-state index contributed by atoms with van der Waals surface area (Å²) in [5.41, 5.74) is 0.651. The predicted octanol–water partition coefficient (Wildman–Crippen LogP) is 2.31. The molecule has 0 aromatic heterocycles. The van der Waals surface area contributed by atoms with Crippen molar-refractivity contribution in [3.8, 4) is 0 Å². The molecule has 1 N–H and O–H groups in total. The van der Waals surface area contributed by atoms with Crippen LogP contribution in [0.4, 0.5) is 4.79 Å². The molecule has 2 atom stereocenters. The average Bonchev–Trinajstić information content (AvgIpc) is 3.07. The number of hydrogen-bond acceptors (Lipinski definition) is 3. The zero-order chi connectivity index (χ0) is 12.0. The smallest absolute Gasteiger partial charge is 0.413 e. The highest BCUT2D eigenvalue weighted by molar-refractivity contribution is 6.31. The molecule has 1 amide bonds. The van der Waals surface area contributed by atoms with E-state index in [0.29, 0.717) is 10.6 Å². The molecule has 1 saturated heterocycles. The first kappa shape index (κ1) is 10.9. The van der Waals surface area contributed by atoms with Gasteiger partial charge in [0.15, 0.2) is 12.3 Å². The first-order valence-corrected chi connectivity index (χ1v) is 5.97. The number of aliphatic hydroxyl groups is 1. The highest BCUT2D eigenvalue weighted by atomic mass is 35.5. The average molecular weight is 254 g/mol. The Morgan fingerprint density at radius 2 is 2.06 bits per heavy atom. The molecule has 3 rings (SSSR count). The Balaban J connectivity index is 1.90. The lowest BCUT2D eigenvalue weighted by atomic mass is 10.1. The van der Waals surface area contributed by atoms with Crippen molar-refractivity contribution < 1.29 is 14.6 Å². The van der Waals surface area contributed by atoms with Gasteiger partial charge in [-0.1, -0.05) is 29.8 Å². The molecule has 90 valence electrons. The molecule has 0 radical (unpaired) electrons. The summed E-state index contributed by atoms with van der Waals surface area (Å²) in [5, 5.41) is 10.6. The topological polar surface area (TPSA) is 49.8 Å². The van der Waals surface area contributed by atoms with Crippen LogP contribution >= 0.6 is 11.6 Å². The van der Waals surface area contributed by atoms with Gasteiger partial charge in [-0.25, -0.2) is 4.79 Å². The molecule has 0 unspecified atom stereocenters. The van der Waals surface area contributed by atoms with E-state index in [1.807, 2.05) is 6.07 Å². The minimum absolute atomic E-state index is 0.130. The molecule has 5 heteroatoms. The van der Waals surface area contributed by atoms with Crippen molar-refractivity contribution in [3.63, 3.8) is 0 Å². The van der Waals surface area contributed by atoms with Crippen LogP contribution in [0.3, 0.4) is 0 Å². The van der Waals surface area contributed by atoms with Crippen molar-refractivity contribution in [1.29, 1.82) is 0 Å². The molecule has 1 aromatic carbocycles. The predicted molar refractivity (Wildman–Crippen MR) is 61.5 cm³/mol. The minimum Gasteiger partial charge on any atom is -0.436 e. The first-order chi connectivity index (χ1) is 8.18. The van der Waals surface area contributed by atoms with Gasteiger partial charge in [-0.05, 0) is 18.9 Å². The maximum Gasteiger partial charge on any atom is 0.413 e. The number of amides is 1. The SMILES string of the molecule is O=C1O[C@H](c2ccccc2Cl)[C@H](O)N1C1CC1. The van der Waals surface area contributed by atoms with Crippen LogP contribution in [0, 0.1) is 0 Å². The summed E-state index contributed by atoms with van der Waals surface area (Å²) >= 11 is 6.04. The maximum absolute atomic E-state index is 11.7. The fourth-order valence-electron chi connectivity index (χ4n) is 2.13. The zero-order valence-corrected chi connectivity index (χ0v) is 9.80. The summed E-state index contributed by atoms with van der Waals surface area (Å²) < 4.78 is 5.21. The number of hydrogen-bond donors (Lipinski definition) is 1. The zero-order valence-electron chi connectivity index (χ0n) is 9.04. The third-order valence-corrected chi connectivity index (χ3v) is 3.49. The van der Waals surface area contributed by atoms with E-state index >= 15 is 0 Å². The Bertz CT molecular complexity index is 461. The summed E-state index contributed by atoms with van der Waals surface area (Å²) in [4.78, 5) is 13.1. The second-order valence-corrected chi connectivity index (χ2v) is 4.79. The first-order valence-electron chi connectivity index (χ1n) is 5.60. The second kappa shape index (κ2) is 3.89. The molecule has 4 nitrogen and oxygen atoms in total. The van der Waals surface area contributed by atoms with Crippen LogP contribution in [-0.4, -0.2) is 28.4 Å². The highest BCUT2D eigenvalue weighted by Crippen LogP contribution is 2.40. The van der Waals surface area contributed by atoms with Crippen molar-refractivity contribution in [2.24, 2.45) is 0 Å². The van der Waals surface area contributed by atoms with Gasteiger partial charge in [0.2, 0.25) is 0 Å². The third-order valence-electron chi connectivity index (χ3n) is 3.15. The molecule has 1 aliphatic carbocycles. The van der Waals surface area contributed by atoms with Crippen LogP contribution in [0.25, 0.3) is 0 Å². The van der Waals surface area contributed by atoms with E-state index in [1.165, 1.54) is 4.90 Å². The van der Waals surface area contributed by atoms with Gasteiger partial charge >= 0.3 is 6.09 Å². The number of carbonyl (C=O) groups is 1. The van der Waals surface area contributed by atoms with Crippen molar-refractivity contribution >= 4 is 17.7 Å². The van der Waals surface area contributed by atoms with E-state index in [4.69, 9.17) is 16.3 Å². The molecular weight excluding hydrogens is 242 g/mol. The number of nitrogens with zero attached hydrogens (tertiary/aromatic N) is 1. The minimum atomic E-state index is -0.935. The molecule has 1 aromatic rings. The standard InChI is InChI=1S/C12H12ClNO3/c13-9-4-2-1-3-8(9)10-11(15)14(7-5-6-7)12(16)17-10/h1-4,7,10-11,15H,5-6H2/t10-,11+/m1/s1. The summed E-state index contributed by atoms with van der Waals surface area (Å²) in [7, 11) is 0. The number of rotatable bonds is 2. The Hall–Kier alpha value is -1.26. The number of cyclic esters (lactones) is 1. The lowest BCUT2D eigenvalue weighted by Crippen LogP contribution is -2.35. The second-order valence-electron chi connectivity index (χ2n) is 4.38. The summed E-state index contributed by atoms with van der Waals surface area (Å²) in [5.74, 6) is 0. The normalized spacial score (nSPS) is 28.4. The van der Waals surface area contributed by atoms with Gasteiger partial charge in [0.1, 0.15) is 0 Å². The monoisotopic (exact) mass is 253 g/mol. The van der Waals surface area contributed by atoms with E-state index in [9.17, 15) is 9.90 Å². The van der Waals surface area contributed by atoms with Gasteiger partial charge in [0.25, 0.3) is 0 Å². The number of benzene rings is 1. The van der Waals surface area contributed by atoms with Crippen molar-refractivity contribution in [2.75, 3.05) is 0 Å². The highest BCUT2D eigenvalue weighted by Gasteiger charge is 2.48. The van der Waals surface area contributed by atoms with E-state index < -0.39 is 18.4 Å². The summed E-state index contributed by atoms with van der Waals surface area (Å²) in [6.07, 6.45) is -0.209. The number of halogens is 1. The fourth-order valence-corrected chi connectivity index (χ4v) is 2.38. The van der Waals surface area contributed by atoms with E-state index in [2.05, 4.69) is 0 Å². The van der Waals surface area contributed by atoms with Crippen LogP contribution in [0.15, 0.2) is 24.3 Å². The molecule has 2 aliphatic rings. The molecule has 2 fully saturated rings. The lowest BCUT2D eigenvalue weighted by molar-refractivity contribution is 0.0106. The molecule has 1 saturated carbocycles. The van der Waals surface area contributed by atoms with Crippen LogP contribution in [0.1, 0.15) is 24.5 Å². The van der Waals surface area contributed by atoms with Gasteiger partial charge in [-0.15, -0.1) is 0 Å². The molecule has 17 heavy (non-hydrogen) atoms. The molecule has 1 aliphatic heterocycles. The Morgan fingerprint density at radius 3 is 2.71 bits per heavy atom.